The number of aliphatic hydroxyl groups excluding tert-OH is 1. The van der Waals surface area contributed by atoms with Crippen LogP contribution in [-0.2, 0) is 18.9 Å². The van der Waals surface area contributed by atoms with Gasteiger partial charge in [-0.2, -0.15) is 0 Å². The van der Waals surface area contributed by atoms with Crippen LogP contribution in [0, 0.1) is 0 Å². The molecule has 2 heterocycles. The van der Waals surface area contributed by atoms with E-state index in [1.54, 1.807) is 0 Å². The molecule has 1 N–H and O–H groups in total. The lowest BCUT2D eigenvalue weighted by Gasteiger charge is -2.46. The van der Waals surface area contributed by atoms with E-state index in [9.17, 15) is 5.11 Å². The molecule has 5 nitrogen and oxygen atoms in total. The molecule has 104 valence electrons. The Morgan fingerprint density at radius 2 is 2.05 bits per heavy atom. The first-order valence-electron chi connectivity index (χ1n) is 6.56. The largest absolute Gasteiger partial charge is 0.373 e. The summed E-state index contributed by atoms with van der Waals surface area (Å²) in [7, 11) is 0. The summed E-state index contributed by atoms with van der Waals surface area (Å²) in [5.41, 5.74) is 0.932. The molecule has 19 heavy (non-hydrogen) atoms. The maximum absolute atomic E-state index is 9.90. The maximum Gasteiger partial charge on any atom is 0.185 e. The zero-order valence-corrected chi connectivity index (χ0v) is 10.8. The van der Waals surface area contributed by atoms with Gasteiger partial charge >= 0.3 is 0 Å². The van der Waals surface area contributed by atoms with Crippen LogP contribution in [-0.4, -0.2) is 42.9 Å². The lowest BCUT2D eigenvalue weighted by molar-refractivity contribution is -0.375. The number of aliphatic hydroxyl groups is 1. The van der Waals surface area contributed by atoms with Gasteiger partial charge in [0.15, 0.2) is 12.6 Å². The predicted molar refractivity (Wildman–Crippen MR) is 66.3 cm³/mol. The molecule has 3 rings (SSSR count). The summed E-state index contributed by atoms with van der Waals surface area (Å²) < 4.78 is 22.5. The fourth-order valence-electron chi connectivity index (χ4n) is 2.51. The zero-order chi connectivity index (χ0) is 13.2. The minimum Gasteiger partial charge on any atom is -0.373 e. The van der Waals surface area contributed by atoms with Gasteiger partial charge in [0, 0.05) is 12.2 Å². The summed E-state index contributed by atoms with van der Waals surface area (Å²) in [6.07, 6.45) is -2.46. The van der Waals surface area contributed by atoms with Gasteiger partial charge < -0.3 is 24.1 Å². The predicted octanol–water partition coefficient (Wildman–Crippen LogP) is 1.22. The molecule has 2 unspecified atom stereocenters. The van der Waals surface area contributed by atoms with Crippen LogP contribution in [0.3, 0.4) is 0 Å². The summed E-state index contributed by atoms with van der Waals surface area (Å²) in [6, 6.07) is 9.68. The Labute approximate surface area is 112 Å². The van der Waals surface area contributed by atoms with Gasteiger partial charge in [0.05, 0.1) is 6.61 Å². The van der Waals surface area contributed by atoms with Crippen LogP contribution in [0.15, 0.2) is 30.3 Å². The van der Waals surface area contributed by atoms with Crippen LogP contribution in [0.2, 0.25) is 0 Å². The van der Waals surface area contributed by atoms with Crippen LogP contribution < -0.4 is 0 Å². The highest BCUT2D eigenvalue weighted by atomic mass is 16.8. The lowest BCUT2D eigenvalue weighted by Crippen LogP contribution is -2.60. The topological polar surface area (TPSA) is 57.2 Å². The van der Waals surface area contributed by atoms with Crippen LogP contribution in [0.5, 0.6) is 0 Å². The Hall–Kier alpha value is -0.980. The average molecular weight is 266 g/mol. The molecular formula is C14H18O5. The van der Waals surface area contributed by atoms with Gasteiger partial charge in [-0.25, -0.2) is 0 Å². The molecule has 1 aromatic carbocycles. The Balaban J connectivity index is 1.80. The average Bonchev–Trinajstić information content (AvgIpc) is 2.44. The summed E-state index contributed by atoms with van der Waals surface area (Å²) in [6.45, 7) is 2.77. The van der Waals surface area contributed by atoms with E-state index in [0.29, 0.717) is 13.2 Å². The van der Waals surface area contributed by atoms with Crippen LogP contribution in [0.1, 0.15) is 18.8 Å². The molecule has 2 bridgehead atoms. The van der Waals surface area contributed by atoms with Gasteiger partial charge in [0.25, 0.3) is 0 Å². The van der Waals surface area contributed by atoms with Gasteiger partial charge in [0.1, 0.15) is 18.3 Å². The fourth-order valence-corrected chi connectivity index (χ4v) is 2.51. The zero-order valence-electron chi connectivity index (χ0n) is 10.8. The second-order valence-corrected chi connectivity index (χ2v) is 4.66. The second-order valence-electron chi connectivity index (χ2n) is 4.66. The van der Waals surface area contributed by atoms with Gasteiger partial charge in [-0.15, -0.1) is 0 Å². The highest BCUT2D eigenvalue weighted by Gasteiger charge is 2.48. The van der Waals surface area contributed by atoms with E-state index < -0.39 is 18.7 Å². The molecule has 0 amide bonds. The molecule has 1 aromatic rings. The van der Waals surface area contributed by atoms with Crippen molar-refractivity contribution in [2.75, 3.05) is 13.2 Å². The highest BCUT2D eigenvalue weighted by Crippen LogP contribution is 2.35. The third-order valence-corrected chi connectivity index (χ3v) is 3.41. The Morgan fingerprint density at radius 3 is 2.79 bits per heavy atom. The molecular weight excluding hydrogens is 248 g/mol. The van der Waals surface area contributed by atoms with Crippen molar-refractivity contribution in [2.24, 2.45) is 0 Å². The SMILES string of the molecule is CCO[C@H]1[C@H]2COC(O)[C@@H]1OC(c1ccccc1)O2. The Bertz CT molecular complexity index is 410. The molecule has 2 saturated heterocycles. The molecule has 0 spiro atoms. The van der Waals surface area contributed by atoms with Crippen molar-refractivity contribution in [3.63, 3.8) is 0 Å². The molecule has 5 atom stereocenters. The van der Waals surface area contributed by atoms with Crippen molar-refractivity contribution in [1.82, 2.24) is 0 Å². The van der Waals surface area contributed by atoms with E-state index in [1.165, 1.54) is 0 Å². The van der Waals surface area contributed by atoms with Crippen molar-refractivity contribution in [3.8, 4) is 0 Å². The third-order valence-electron chi connectivity index (χ3n) is 3.41. The molecule has 2 aliphatic rings. The van der Waals surface area contributed by atoms with E-state index in [4.69, 9.17) is 18.9 Å². The first-order chi connectivity index (χ1) is 9.29. The number of rotatable bonds is 3. The fraction of sp³-hybridized carbons (Fsp3) is 0.571. The van der Waals surface area contributed by atoms with Crippen molar-refractivity contribution in [2.45, 2.75) is 37.8 Å². The molecule has 0 aliphatic carbocycles. The smallest absolute Gasteiger partial charge is 0.185 e. The van der Waals surface area contributed by atoms with E-state index in [2.05, 4.69) is 0 Å². The molecule has 0 saturated carbocycles. The Morgan fingerprint density at radius 1 is 1.26 bits per heavy atom. The number of ether oxygens (including phenoxy) is 4. The summed E-state index contributed by atoms with van der Waals surface area (Å²) >= 11 is 0. The summed E-state index contributed by atoms with van der Waals surface area (Å²) in [5, 5.41) is 9.90. The first-order valence-corrected chi connectivity index (χ1v) is 6.56. The first kappa shape index (κ1) is 13.0. The highest BCUT2D eigenvalue weighted by molar-refractivity contribution is 5.16. The van der Waals surface area contributed by atoms with E-state index >= 15 is 0 Å². The van der Waals surface area contributed by atoms with Crippen LogP contribution in [0.4, 0.5) is 0 Å². The second kappa shape index (κ2) is 5.56. The number of benzene rings is 1. The molecule has 2 fully saturated rings. The van der Waals surface area contributed by atoms with E-state index in [0.717, 1.165) is 5.56 Å². The number of hydrogen-bond donors (Lipinski definition) is 1. The minimum absolute atomic E-state index is 0.215. The van der Waals surface area contributed by atoms with Gasteiger partial charge in [-0.3, -0.25) is 0 Å². The van der Waals surface area contributed by atoms with Crippen molar-refractivity contribution >= 4 is 0 Å². The minimum atomic E-state index is -0.970. The standard InChI is InChI=1S/C14H18O5/c1-2-16-11-10-8-17-13(15)12(11)19-14(18-10)9-6-4-3-5-7-9/h3-7,10-15H,2,8H2,1H3/t10-,11+,12-,13?,14?/m1/s1. The molecule has 2 aliphatic heterocycles. The van der Waals surface area contributed by atoms with E-state index in [1.807, 2.05) is 37.3 Å². The van der Waals surface area contributed by atoms with Crippen LogP contribution in [0.25, 0.3) is 0 Å². The molecule has 0 aromatic heterocycles. The quantitative estimate of drug-likeness (QED) is 0.891. The van der Waals surface area contributed by atoms with Crippen molar-refractivity contribution in [3.05, 3.63) is 35.9 Å². The molecule has 0 radical (unpaired) electrons. The van der Waals surface area contributed by atoms with Crippen molar-refractivity contribution in [1.29, 1.82) is 0 Å². The molecule has 5 heteroatoms. The van der Waals surface area contributed by atoms with Gasteiger partial charge in [0.2, 0.25) is 0 Å². The summed E-state index contributed by atoms with van der Waals surface area (Å²) in [4.78, 5) is 0. The monoisotopic (exact) mass is 266 g/mol. The number of fused-ring (bicyclic) bond motifs is 2. The Kier molecular flexibility index (Phi) is 3.81. The van der Waals surface area contributed by atoms with Gasteiger partial charge in [-0.1, -0.05) is 30.3 Å². The lowest BCUT2D eigenvalue weighted by atomic mass is 10.0. The number of hydrogen-bond acceptors (Lipinski definition) is 5. The van der Waals surface area contributed by atoms with Crippen molar-refractivity contribution < 1.29 is 24.1 Å². The summed E-state index contributed by atoms with van der Waals surface area (Å²) in [5.74, 6) is 0. The third kappa shape index (κ3) is 2.52. The normalized spacial score (nSPS) is 38.1. The van der Waals surface area contributed by atoms with Crippen LogP contribution >= 0.6 is 0 Å². The van der Waals surface area contributed by atoms with Gasteiger partial charge in [-0.05, 0) is 6.92 Å². The maximum atomic E-state index is 9.90. The van der Waals surface area contributed by atoms with E-state index in [-0.39, 0.29) is 12.2 Å².